The number of hydrogen-bond acceptors (Lipinski definition) is 4. The standard InChI is InChI=1S/C15H13ClN2O2.C4H8O/c1-8-2-4-9(5-3-8)10-6-11(14(18)15(19)20)13(17)7-12(10)16;5-4-2-1-3-4/h2-7,18H,17H2,1H3,(H,19,20);4-5H,1-3H2. The molecule has 0 aromatic heterocycles. The summed E-state index contributed by atoms with van der Waals surface area (Å²) in [5, 5.41) is 25.4. The van der Waals surface area contributed by atoms with Gasteiger partial charge in [-0.05, 0) is 43.9 Å². The Balaban J connectivity index is 0.000000386. The molecule has 1 aliphatic rings. The molecule has 0 saturated heterocycles. The summed E-state index contributed by atoms with van der Waals surface area (Å²) in [6.45, 7) is 1.97. The van der Waals surface area contributed by atoms with Gasteiger partial charge in [-0.3, -0.25) is 5.41 Å². The van der Waals surface area contributed by atoms with E-state index in [2.05, 4.69) is 0 Å². The molecule has 25 heavy (non-hydrogen) atoms. The topological polar surface area (TPSA) is 107 Å². The zero-order valence-electron chi connectivity index (χ0n) is 13.9. The average molecular weight is 361 g/mol. The van der Waals surface area contributed by atoms with Crippen molar-refractivity contribution >= 4 is 29.0 Å². The number of halogens is 1. The molecular formula is C19H21ClN2O3. The molecule has 2 aromatic carbocycles. The number of nitrogens with two attached hydrogens (primary N) is 1. The van der Waals surface area contributed by atoms with E-state index in [1.54, 1.807) is 6.07 Å². The van der Waals surface area contributed by atoms with Crippen LogP contribution >= 0.6 is 11.6 Å². The van der Waals surface area contributed by atoms with Gasteiger partial charge in [0.2, 0.25) is 0 Å². The summed E-state index contributed by atoms with van der Waals surface area (Å²) in [4.78, 5) is 10.9. The Kier molecular flexibility index (Phi) is 6.17. The van der Waals surface area contributed by atoms with Crippen LogP contribution in [0.1, 0.15) is 30.4 Å². The highest BCUT2D eigenvalue weighted by Crippen LogP contribution is 2.32. The number of rotatable bonds is 3. The Bertz CT molecular complexity index is 784. The van der Waals surface area contributed by atoms with E-state index >= 15 is 0 Å². The van der Waals surface area contributed by atoms with E-state index in [9.17, 15) is 4.79 Å². The highest BCUT2D eigenvalue weighted by Gasteiger charge is 2.16. The molecule has 0 bridgehead atoms. The van der Waals surface area contributed by atoms with Crippen LogP contribution in [-0.2, 0) is 4.79 Å². The predicted octanol–water partition coefficient (Wildman–Crippen LogP) is 3.88. The highest BCUT2D eigenvalue weighted by molar-refractivity contribution is 6.43. The Morgan fingerprint density at radius 3 is 2.24 bits per heavy atom. The first kappa shape index (κ1) is 19.0. The molecule has 0 amide bonds. The van der Waals surface area contributed by atoms with Crippen LogP contribution in [0, 0.1) is 12.3 Å². The summed E-state index contributed by atoms with van der Waals surface area (Å²) in [5.41, 5.74) is 8.15. The van der Waals surface area contributed by atoms with Gasteiger partial charge in [-0.2, -0.15) is 0 Å². The normalized spacial score (nSPS) is 13.4. The maximum absolute atomic E-state index is 10.9. The lowest BCUT2D eigenvalue weighted by Gasteiger charge is -2.17. The van der Waals surface area contributed by atoms with Crippen LogP contribution in [0.4, 0.5) is 5.69 Å². The highest BCUT2D eigenvalue weighted by atomic mass is 35.5. The Morgan fingerprint density at radius 2 is 1.80 bits per heavy atom. The van der Waals surface area contributed by atoms with Crippen molar-refractivity contribution in [3.05, 3.63) is 52.5 Å². The Hall–Kier alpha value is -2.37. The van der Waals surface area contributed by atoms with Crippen molar-refractivity contribution in [1.29, 1.82) is 5.41 Å². The molecule has 1 fully saturated rings. The summed E-state index contributed by atoms with van der Waals surface area (Å²) >= 11 is 6.16. The SMILES string of the molecule is Cc1ccc(-c2cc(C(=N)C(=O)O)c(N)cc2Cl)cc1.OC1CCC1. The van der Waals surface area contributed by atoms with E-state index in [-0.39, 0.29) is 17.4 Å². The number of anilines is 1. The largest absolute Gasteiger partial charge is 0.477 e. The fourth-order valence-electron chi connectivity index (χ4n) is 2.26. The van der Waals surface area contributed by atoms with E-state index < -0.39 is 11.7 Å². The van der Waals surface area contributed by atoms with Gasteiger partial charge in [0.05, 0.1) is 11.1 Å². The predicted molar refractivity (Wildman–Crippen MR) is 100 cm³/mol. The van der Waals surface area contributed by atoms with Crippen LogP contribution in [0.25, 0.3) is 11.1 Å². The molecule has 5 nitrogen and oxygen atoms in total. The first-order valence-electron chi connectivity index (χ1n) is 7.96. The van der Waals surface area contributed by atoms with Gasteiger partial charge in [0, 0.05) is 16.8 Å². The number of nitrogens with one attached hydrogen (secondary N) is 1. The van der Waals surface area contributed by atoms with Crippen LogP contribution in [-0.4, -0.2) is 28.0 Å². The molecule has 1 aliphatic carbocycles. The van der Waals surface area contributed by atoms with E-state index in [1.807, 2.05) is 31.2 Å². The molecule has 2 aromatic rings. The lowest BCUT2D eigenvalue weighted by molar-refractivity contribution is -0.129. The van der Waals surface area contributed by atoms with Gasteiger partial charge in [-0.1, -0.05) is 41.4 Å². The lowest BCUT2D eigenvalue weighted by atomic mass is 9.97. The van der Waals surface area contributed by atoms with Gasteiger partial charge in [0.15, 0.2) is 0 Å². The smallest absolute Gasteiger partial charge is 0.354 e. The number of carbonyl (C=O) groups is 1. The number of aliphatic hydroxyl groups excluding tert-OH is 1. The van der Waals surface area contributed by atoms with E-state index in [1.165, 1.54) is 12.5 Å². The summed E-state index contributed by atoms with van der Waals surface area (Å²) in [5.74, 6) is -1.33. The monoisotopic (exact) mass is 360 g/mol. The van der Waals surface area contributed by atoms with Crippen LogP contribution in [0.2, 0.25) is 5.02 Å². The van der Waals surface area contributed by atoms with Gasteiger partial charge in [-0.25, -0.2) is 4.79 Å². The van der Waals surface area contributed by atoms with Gasteiger partial charge in [0.25, 0.3) is 0 Å². The molecular weight excluding hydrogens is 340 g/mol. The number of carboxylic acid groups (broad SMARTS) is 1. The summed E-state index contributed by atoms with van der Waals surface area (Å²) < 4.78 is 0. The van der Waals surface area contributed by atoms with Crippen molar-refractivity contribution in [2.45, 2.75) is 32.3 Å². The van der Waals surface area contributed by atoms with Crippen LogP contribution in [0.15, 0.2) is 36.4 Å². The van der Waals surface area contributed by atoms with Crippen molar-refractivity contribution < 1.29 is 15.0 Å². The zero-order chi connectivity index (χ0) is 18.6. The van der Waals surface area contributed by atoms with E-state index in [4.69, 9.17) is 33.0 Å². The Labute approximate surface area is 151 Å². The van der Waals surface area contributed by atoms with Crippen LogP contribution < -0.4 is 5.73 Å². The van der Waals surface area contributed by atoms with Crippen LogP contribution in [0.5, 0.6) is 0 Å². The quantitative estimate of drug-likeness (QED) is 0.492. The van der Waals surface area contributed by atoms with Gasteiger partial charge in [-0.15, -0.1) is 0 Å². The Morgan fingerprint density at radius 1 is 1.24 bits per heavy atom. The van der Waals surface area contributed by atoms with Gasteiger partial charge in [0.1, 0.15) is 5.71 Å². The number of hydrogen-bond donors (Lipinski definition) is 4. The maximum Gasteiger partial charge on any atom is 0.354 e. The average Bonchev–Trinajstić information content (AvgIpc) is 2.54. The number of carboxylic acids is 1. The fourth-order valence-corrected chi connectivity index (χ4v) is 2.54. The third-order valence-electron chi connectivity index (χ3n) is 4.06. The molecule has 0 unspecified atom stereocenters. The third-order valence-corrected chi connectivity index (χ3v) is 4.37. The molecule has 6 heteroatoms. The summed E-state index contributed by atoms with van der Waals surface area (Å²) in [7, 11) is 0. The minimum Gasteiger partial charge on any atom is -0.477 e. The fraction of sp³-hybridized carbons (Fsp3) is 0.263. The molecule has 1 saturated carbocycles. The molecule has 0 aliphatic heterocycles. The maximum atomic E-state index is 10.9. The van der Waals surface area contributed by atoms with Gasteiger partial charge < -0.3 is 15.9 Å². The minimum atomic E-state index is -1.33. The minimum absolute atomic E-state index is 0.0648. The third kappa shape index (κ3) is 4.81. The zero-order valence-corrected chi connectivity index (χ0v) is 14.7. The van der Waals surface area contributed by atoms with Gasteiger partial charge >= 0.3 is 5.97 Å². The molecule has 3 rings (SSSR count). The molecule has 0 atom stereocenters. The first-order chi connectivity index (χ1) is 11.8. The molecule has 0 heterocycles. The molecule has 132 valence electrons. The molecule has 0 radical (unpaired) electrons. The number of aryl methyl sites for hydroxylation is 1. The van der Waals surface area contributed by atoms with Crippen molar-refractivity contribution in [3.8, 4) is 11.1 Å². The molecule has 5 N–H and O–H groups in total. The van der Waals surface area contributed by atoms with Crippen molar-refractivity contribution in [3.63, 3.8) is 0 Å². The number of aliphatic carboxylic acids is 1. The van der Waals surface area contributed by atoms with Crippen molar-refractivity contribution in [2.75, 3.05) is 5.73 Å². The second-order valence-corrected chi connectivity index (χ2v) is 6.46. The summed E-state index contributed by atoms with van der Waals surface area (Å²) in [6.07, 6.45) is 3.39. The molecule has 0 spiro atoms. The van der Waals surface area contributed by atoms with E-state index in [0.717, 1.165) is 24.0 Å². The lowest BCUT2D eigenvalue weighted by Crippen LogP contribution is -2.15. The number of nitrogen functional groups attached to an aromatic ring is 1. The second-order valence-electron chi connectivity index (χ2n) is 6.05. The van der Waals surface area contributed by atoms with E-state index in [0.29, 0.717) is 10.6 Å². The summed E-state index contributed by atoms with van der Waals surface area (Å²) in [6, 6.07) is 10.7. The van der Waals surface area contributed by atoms with Crippen molar-refractivity contribution in [1.82, 2.24) is 0 Å². The number of benzene rings is 2. The number of aliphatic hydroxyl groups is 1. The first-order valence-corrected chi connectivity index (χ1v) is 8.33. The van der Waals surface area contributed by atoms with Crippen molar-refractivity contribution in [2.24, 2.45) is 0 Å². The second kappa shape index (κ2) is 8.14. The van der Waals surface area contributed by atoms with Crippen LogP contribution in [0.3, 0.4) is 0 Å².